The maximum Gasteiger partial charge on any atom is 0.329 e. The Balaban J connectivity index is 1.52. The Labute approximate surface area is 174 Å². The van der Waals surface area contributed by atoms with E-state index in [9.17, 15) is 9.59 Å². The Morgan fingerprint density at radius 3 is 2.21 bits per heavy atom. The van der Waals surface area contributed by atoms with Crippen molar-refractivity contribution in [2.45, 2.75) is 39.4 Å². The third kappa shape index (κ3) is 5.23. The summed E-state index contributed by atoms with van der Waals surface area (Å²) in [6, 6.07) is 17.5. The van der Waals surface area contributed by atoms with E-state index in [-0.39, 0.29) is 18.0 Å². The van der Waals surface area contributed by atoms with Gasteiger partial charge in [0.25, 0.3) is 0 Å². The lowest BCUT2D eigenvalue weighted by Crippen LogP contribution is -2.46. The molecule has 0 aliphatic heterocycles. The van der Waals surface area contributed by atoms with Gasteiger partial charge in [-0.25, -0.2) is 4.79 Å². The number of hydrogen-bond acceptors (Lipinski definition) is 3. The Morgan fingerprint density at radius 2 is 1.55 bits per heavy atom. The van der Waals surface area contributed by atoms with Crippen LogP contribution in [0.4, 0.5) is 0 Å². The summed E-state index contributed by atoms with van der Waals surface area (Å²) in [5.41, 5.74) is 8.00. The van der Waals surface area contributed by atoms with Crippen molar-refractivity contribution < 1.29 is 4.79 Å². The van der Waals surface area contributed by atoms with Crippen molar-refractivity contribution in [3.8, 4) is 0 Å². The molecule has 0 unspecified atom stereocenters. The van der Waals surface area contributed by atoms with E-state index in [0.717, 1.165) is 23.0 Å². The SMILES string of the molecule is CCCn1c(=O)n(CCC(=O)NNC(=S)NCc2ccccc2)c2ccccc21. The standard InChI is InChI=1S/C21H25N5O2S/c1-2-13-25-17-10-6-7-11-18(17)26(21(25)28)14-12-19(27)23-24-20(29)22-15-16-8-4-3-5-9-16/h3-11H,2,12-15H2,1H3,(H,23,27)(H2,22,24,29). The van der Waals surface area contributed by atoms with E-state index in [1.54, 1.807) is 9.13 Å². The highest BCUT2D eigenvalue weighted by Gasteiger charge is 2.13. The molecule has 0 saturated heterocycles. The van der Waals surface area contributed by atoms with Gasteiger partial charge < -0.3 is 5.32 Å². The fourth-order valence-corrected chi connectivity index (χ4v) is 3.28. The molecule has 0 atom stereocenters. The molecule has 29 heavy (non-hydrogen) atoms. The summed E-state index contributed by atoms with van der Waals surface area (Å²) < 4.78 is 3.41. The third-order valence-corrected chi connectivity index (χ3v) is 4.79. The highest BCUT2D eigenvalue weighted by Crippen LogP contribution is 2.13. The molecule has 1 amide bonds. The molecule has 3 N–H and O–H groups in total. The highest BCUT2D eigenvalue weighted by atomic mass is 32.1. The molecular formula is C21H25N5O2S. The van der Waals surface area contributed by atoms with Crippen LogP contribution >= 0.6 is 12.2 Å². The Kier molecular flexibility index (Phi) is 7.02. The molecular weight excluding hydrogens is 386 g/mol. The van der Waals surface area contributed by atoms with E-state index in [1.807, 2.05) is 61.5 Å². The first-order valence-electron chi connectivity index (χ1n) is 9.65. The Hall–Kier alpha value is -3.13. The fourth-order valence-electron chi connectivity index (χ4n) is 3.15. The van der Waals surface area contributed by atoms with Crippen LogP contribution < -0.4 is 21.9 Å². The molecule has 0 aliphatic carbocycles. The lowest BCUT2D eigenvalue weighted by molar-refractivity contribution is -0.121. The highest BCUT2D eigenvalue weighted by molar-refractivity contribution is 7.80. The Morgan fingerprint density at radius 1 is 0.931 bits per heavy atom. The van der Waals surface area contributed by atoms with Crippen LogP contribution in [0.1, 0.15) is 25.3 Å². The first kappa shape index (κ1) is 20.6. The summed E-state index contributed by atoms with van der Waals surface area (Å²) in [5.74, 6) is -0.243. The molecule has 0 radical (unpaired) electrons. The lowest BCUT2D eigenvalue weighted by Gasteiger charge is -2.11. The van der Waals surface area contributed by atoms with Crippen LogP contribution in [0, 0.1) is 0 Å². The van der Waals surface area contributed by atoms with Crippen LogP contribution in [0.3, 0.4) is 0 Å². The van der Waals surface area contributed by atoms with Crippen molar-refractivity contribution in [3.05, 3.63) is 70.6 Å². The smallest absolute Gasteiger partial charge is 0.329 e. The van der Waals surface area contributed by atoms with Crippen molar-refractivity contribution in [1.82, 2.24) is 25.3 Å². The second kappa shape index (κ2) is 9.88. The van der Waals surface area contributed by atoms with Gasteiger partial charge in [0.2, 0.25) is 5.91 Å². The molecule has 152 valence electrons. The first-order chi connectivity index (χ1) is 14.1. The third-order valence-electron chi connectivity index (χ3n) is 4.55. The number of imidazole rings is 1. The van der Waals surface area contributed by atoms with Crippen LogP contribution in [0.25, 0.3) is 11.0 Å². The number of rotatable bonds is 7. The summed E-state index contributed by atoms with van der Waals surface area (Å²) in [4.78, 5) is 24.9. The topological polar surface area (TPSA) is 80.1 Å². The number of para-hydroxylation sites is 2. The predicted molar refractivity (Wildman–Crippen MR) is 118 cm³/mol. The molecule has 3 rings (SSSR count). The number of nitrogens with zero attached hydrogens (tertiary/aromatic N) is 2. The van der Waals surface area contributed by atoms with Gasteiger partial charge in [0.15, 0.2) is 5.11 Å². The van der Waals surface area contributed by atoms with E-state index in [0.29, 0.717) is 24.7 Å². The molecule has 0 saturated carbocycles. The lowest BCUT2D eigenvalue weighted by atomic mass is 10.2. The summed E-state index contributed by atoms with van der Waals surface area (Å²) in [5, 5.41) is 3.36. The Bertz CT molecular complexity index is 1040. The normalized spacial score (nSPS) is 10.7. The number of amides is 1. The number of thiocarbonyl (C=S) groups is 1. The minimum atomic E-state index is -0.243. The van der Waals surface area contributed by atoms with Crippen LogP contribution in [0.5, 0.6) is 0 Å². The van der Waals surface area contributed by atoms with E-state index < -0.39 is 0 Å². The number of carbonyl (C=O) groups is 1. The molecule has 1 aromatic heterocycles. The molecule has 2 aromatic carbocycles. The molecule has 0 bridgehead atoms. The average molecular weight is 412 g/mol. The maximum absolute atomic E-state index is 12.7. The van der Waals surface area contributed by atoms with Gasteiger partial charge in [-0.15, -0.1) is 0 Å². The zero-order chi connectivity index (χ0) is 20.6. The van der Waals surface area contributed by atoms with Gasteiger partial charge in [0.1, 0.15) is 0 Å². The number of hydrogen-bond donors (Lipinski definition) is 3. The zero-order valence-electron chi connectivity index (χ0n) is 16.4. The summed E-state index contributed by atoms with van der Waals surface area (Å²) in [6.45, 7) is 3.55. The first-order valence-corrected chi connectivity index (χ1v) is 10.1. The number of nitrogens with one attached hydrogen (secondary N) is 3. The maximum atomic E-state index is 12.7. The van der Waals surface area contributed by atoms with Crippen molar-refractivity contribution >= 4 is 34.3 Å². The summed E-state index contributed by atoms with van der Waals surface area (Å²) in [7, 11) is 0. The number of benzene rings is 2. The van der Waals surface area contributed by atoms with Gasteiger partial charge in [0.05, 0.1) is 11.0 Å². The quantitative estimate of drug-likeness (QED) is 0.411. The molecule has 0 aliphatic rings. The minimum Gasteiger partial charge on any atom is -0.357 e. The molecule has 7 nitrogen and oxygen atoms in total. The van der Waals surface area contributed by atoms with Crippen molar-refractivity contribution in [1.29, 1.82) is 0 Å². The van der Waals surface area contributed by atoms with Gasteiger partial charge in [-0.3, -0.25) is 24.8 Å². The van der Waals surface area contributed by atoms with E-state index in [4.69, 9.17) is 12.2 Å². The van der Waals surface area contributed by atoms with Gasteiger partial charge in [-0.05, 0) is 36.3 Å². The second-order valence-electron chi connectivity index (χ2n) is 6.67. The zero-order valence-corrected chi connectivity index (χ0v) is 17.2. The van der Waals surface area contributed by atoms with Crippen LogP contribution in [0.2, 0.25) is 0 Å². The largest absolute Gasteiger partial charge is 0.357 e. The predicted octanol–water partition coefficient (Wildman–Crippen LogP) is 2.30. The number of carbonyl (C=O) groups excluding carboxylic acids is 1. The minimum absolute atomic E-state index is 0.0890. The summed E-state index contributed by atoms with van der Waals surface area (Å²) in [6.07, 6.45) is 1.03. The van der Waals surface area contributed by atoms with E-state index in [1.165, 1.54) is 0 Å². The number of fused-ring (bicyclic) bond motifs is 1. The van der Waals surface area contributed by atoms with E-state index >= 15 is 0 Å². The van der Waals surface area contributed by atoms with Gasteiger partial charge in [0, 0.05) is 26.1 Å². The summed E-state index contributed by atoms with van der Waals surface area (Å²) >= 11 is 5.17. The van der Waals surface area contributed by atoms with Crippen LogP contribution in [-0.2, 0) is 24.4 Å². The molecule has 0 fully saturated rings. The average Bonchev–Trinajstić information content (AvgIpc) is 3.01. The van der Waals surface area contributed by atoms with Crippen molar-refractivity contribution in [2.24, 2.45) is 0 Å². The van der Waals surface area contributed by atoms with Gasteiger partial charge in [-0.2, -0.15) is 0 Å². The number of aromatic nitrogens is 2. The van der Waals surface area contributed by atoms with Gasteiger partial charge >= 0.3 is 5.69 Å². The van der Waals surface area contributed by atoms with Crippen molar-refractivity contribution in [3.63, 3.8) is 0 Å². The molecule has 3 aromatic rings. The fraction of sp³-hybridized carbons (Fsp3) is 0.286. The van der Waals surface area contributed by atoms with Gasteiger partial charge in [-0.1, -0.05) is 49.4 Å². The molecule has 0 spiro atoms. The molecule has 1 heterocycles. The van der Waals surface area contributed by atoms with Crippen molar-refractivity contribution in [2.75, 3.05) is 0 Å². The number of aryl methyl sites for hydroxylation is 2. The molecule has 8 heteroatoms. The number of hydrazine groups is 1. The monoisotopic (exact) mass is 411 g/mol. The second-order valence-corrected chi connectivity index (χ2v) is 7.07. The van der Waals surface area contributed by atoms with E-state index in [2.05, 4.69) is 16.2 Å². The van der Waals surface area contributed by atoms with Crippen LogP contribution in [0.15, 0.2) is 59.4 Å². The van der Waals surface area contributed by atoms with Crippen LogP contribution in [-0.4, -0.2) is 20.2 Å².